The van der Waals surface area contributed by atoms with E-state index in [1.54, 1.807) is 4.90 Å². The molecule has 154 valence electrons. The van der Waals surface area contributed by atoms with Crippen LogP contribution in [0, 0.1) is 13.8 Å². The Morgan fingerprint density at radius 3 is 2.67 bits per heavy atom. The van der Waals surface area contributed by atoms with Crippen molar-refractivity contribution >= 4 is 32.8 Å². The summed E-state index contributed by atoms with van der Waals surface area (Å²) in [7, 11) is 0. The van der Waals surface area contributed by atoms with Gasteiger partial charge in [-0.05, 0) is 67.6 Å². The van der Waals surface area contributed by atoms with E-state index in [-0.39, 0.29) is 23.2 Å². The number of hydrogen-bond acceptors (Lipinski definition) is 4. The zero-order valence-corrected chi connectivity index (χ0v) is 18.5. The maximum Gasteiger partial charge on any atom is 0.291 e. The lowest BCUT2D eigenvalue weighted by Gasteiger charge is -2.27. The Morgan fingerprint density at radius 2 is 1.93 bits per heavy atom. The minimum atomic E-state index is -0.489. The normalized spacial score (nSPS) is 20.9. The summed E-state index contributed by atoms with van der Waals surface area (Å²) in [5.74, 6) is -0.0959. The number of ether oxygens (including phenoxy) is 1. The third-order valence-corrected chi connectivity index (χ3v) is 6.66. The molecule has 1 fully saturated rings. The van der Waals surface area contributed by atoms with E-state index in [1.807, 2.05) is 50.2 Å². The van der Waals surface area contributed by atoms with Gasteiger partial charge in [0.05, 0.1) is 23.1 Å². The van der Waals surface area contributed by atoms with Crippen molar-refractivity contribution in [2.75, 3.05) is 13.2 Å². The van der Waals surface area contributed by atoms with Crippen LogP contribution in [-0.2, 0) is 4.74 Å². The molecule has 0 radical (unpaired) electrons. The van der Waals surface area contributed by atoms with Crippen LogP contribution >= 0.6 is 15.9 Å². The molecule has 2 aliphatic heterocycles. The molecule has 1 saturated heterocycles. The highest BCUT2D eigenvalue weighted by Crippen LogP contribution is 2.39. The molecule has 5 rings (SSSR count). The average Bonchev–Trinajstić information content (AvgIpc) is 3.32. The van der Waals surface area contributed by atoms with E-state index < -0.39 is 6.04 Å². The van der Waals surface area contributed by atoms with E-state index >= 15 is 0 Å². The summed E-state index contributed by atoms with van der Waals surface area (Å²) < 4.78 is 12.8. The van der Waals surface area contributed by atoms with Crippen molar-refractivity contribution in [3.05, 3.63) is 79.1 Å². The molecule has 1 aromatic heterocycles. The van der Waals surface area contributed by atoms with Crippen LogP contribution in [0.25, 0.3) is 11.0 Å². The summed E-state index contributed by atoms with van der Waals surface area (Å²) in [4.78, 5) is 28.8. The second kappa shape index (κ2) is 7.36. The average molecular weight is 468 g/mol. The number of aryl methyl sites for hydroxylation is 2. The first-order valence-corrected chi connectivity index (χ1v) is 11.0. The highest BCUT2D eigenvalue weighted by atomic mass is 79.9. The van der Waals surface area contributed by atoms with Gasteiger partial charge < -0.3 is 14.1 Å². The van der Waals surface area contributed by atoms with Crippen LogP contribution in [0.2, 0.25) is 0 Å². The highest BCUT2D eigenvalue weighted by Gasteiger charge is 2.44. The smallest absolute Gasteiger partial charge is 0.291 e. The number of carbonyl (C=O) groups excluding carboxylic acids is 1. The van der Waals surface area contributed by atoms with Gasteiger partial charge in [0.2, 0.25) is 5.76 Å². The van der Waals surface area contributed by atoms with E-state index in [2.05, 4.69) is 15.9 Å². The molecule has 0 unspecified atom stereocenters. The van der Waals surface area contributed by atoms with Gasteiger partial charge in [0, 0.05) is 17.6 Å². The molecule has 0 saturated carbocycles. The molecular formula is C24H22BrNO4. The van der Waals surface area contributed by atoms with E-state index in [9.17, 15) is 9.59 Å². The fourth-order valence-corrected chi connectivity index (χ4v) is 4.91. The summed E-state index contributed by atoms with van der Waals surface area (Å²) in [6.45, 7) is 5.09. The molecule has 2 atom stereocenters. The number of rotatable bonds is 3. The Labute approximate surface area is 182 Å². The molecule has 2 aliphatic rings. The Balaban J connectivity index is 1.73. The number of halogens is 1. The molecule has 1 amide bonds. The summed E-state index contributed by atoms with van der Waals surface area (Å²) in [5, 5.41) is 0.517. The maximum absolute atomic E-state index is 13.6. The van der Waals surface area contributed by atoms with Crippen LogP contribution in [0.5, 0.6) is 0 Å². The van der Waals surface area contributed by atoms with Crippen molar-refractivity contribution in [2.24, 2.45) is 0 Å². The van der Waals surface area contributed by atoms with Crippen molar-refractivity contribution in [1.82, 2.24) is 4.90 Å². The number of benzene rings is 2. The molecule has 0 aliphatic carbocycles. The number of amides is 1. The lowest BCUT2D eigenvalue weighted by molar-refractivity contribution is 0.0486. The predicted molar refractivity (Wildman–Crippen MR) is 118 cm³/mol. The molecule has 0 bridgehead atoms. The lowest BCUT2D eigenvalue weighted by atomic mass is 9.97. The number of carbonyl (C=O) groups is 1. The molecule has 2 aromatic carbocycles. The fraction of sp³-hybridized carbons (Fsp3) is 0.333. The van der Waals surface area contributed by atoms with Gasteiger partial charge in [0.25, 0.3) is 5.91 Å². The molecule has 0 N–H and O–H groups in total. The highest BCUT2D eigenvalue weighted by molar-refractivity contribution is 9.10. The van der Waals surface area contributed by atoms with Crippen LogP contribution in [0.1, 0.15) is 51.7 Å². The topological polar surface area (TPSA) is 59.8 Å². The van der Waals surface area contributed by atoms with Crippen LogP contribution in [0.15, 0.2) is 50.1 Å². The van der Waals surface area contributed by atoms with E-state index in [0.717, 1.165) is 34.0 Å². The zero-order chi connectivity index (χ0) is 21.0. The molecule has 30 heavy (non-hydrogen) atoms. The second-order valence-electron chi connectivity index (χ2n) is 8.16. The largest absolute Gasteiger partial charge is 0.450 e. The first-order valence-electron chi connectivity index (χ1n) is 10.2. The lowest BCUT2D eigenvalue weighted by Crippen LogP contribution is -2.36. The third kappa shape index (κ3) is 3.10. The van der Waals surface area contributed by atoms with E-state index in [4.69, 9.17) is 9.15 Å². The van der Waals surface area contributed by atoms with Crippen molar-refractivity contribution in [2.45, 2.75) is 38.8 Å². The van der Waals surface area contributed by atoms with Gasteiger partial charge in [-0.25, -0.2) is 0 Å². The number of nitrogens with zero attached hydrogens (tertiary/aromatic N) is 1. The maximum atomic E-state index is 13.6. The van der Waals surface area contributed by atoms with Gasteiger partial charge in [0.15, 0.2) is 5.43 Å². The second-order valence-corrected chi connectivity index (χ2v) is 9.07. The van der Waals surface area contributed by atoms with E-state index in [0.29, 0.717) is 29.7 Å². The Kier molecular flexibility index (Phi) is 4.79. The van der Waals surface area contributed by atoms with Crippen LogP contribution in [0.3, 0.4) is 0 Å². The molecule has 6 heteroatoms. The van der Waals surface area contributed by atoms with Gasteiger partial charge in [-0.3, -0.25) is 9.59 Å². The zero-order valence-electron chi connectivity index (χ0n) is 16.9. The van der Waals surface area contributed by atoms with Crippen molar-refractivity contribution < 1.29 is 13.9 Å². The Hall–Kier alpha value is -2.44. The first kappa shape index (κ1) is 19.5. The Bertz CT molecular complexity index is 1230. The minimum Gasteiger partial charge on any atom is -0.450 e. The van der Waals surface area contributed by atoms with Crippen LogP contribution in [0.4, 0.5) is 0 Å². The SMILES string of the molecule is Cc1cc2oc3c(c(=O)c2cc1C)[C@H](c1cccc(Br)c1)N(C[C@@H]1CCCO1)C3=O. The summed E-state index contributed by atoms with van der Waals surface area (Å²) in [5.41, 5.74) is 3.67. The monoisotopic (exact) mass is 467 g/mol. The number of hydrogen-bond donors (Lipinski definition) is 0. The Morgan fingerprint density at radius 1 is 1.13 bits per heavy atom. The van der Waals surface area contributed by atoms with Crippen molar-refractivity contribution in [3.8, 4) is 0 Å². The first-order chi connectivity index (χ1) is 14.4. The van der Waals surface area contributed by atoms with Gasteiger partial charge in [0.1, 0.15) is 5.58 Å². The predicted octanol–water partition coefficient (Wildman–Crippen LogP) is 4.90. The molecule has 5 nitrogen and oxygen atoms in total. The molecular weight excluding hydrogens is 446 g/mol. The molecule has 3 heterocycles. The van der Waals surface area contributed by atoms with Gasteiger partial charge in [-0.15, -0.1) is 0 Å². The quantitative estimate of drug-likeness (QED) is 0.549. The number of fused-ring (bicyclic) bond motifs is 2. The summed E-state index contributed by atoms with van der Waals surface area (Å²) >= 11 is 3.52. The van der Waals surface area contributed by atoms with Crippen LogP contribution < -0.4 is 5.43 Å². The fourth-order valence-electron chi connectivity index (χ4n) is 4.49. The van der Waals surface area contributed by atoms with Crippen LogP contribution in [-0.4, -0.2) is 30.1 Å². The van der Waals surface area contributed by atoms with Gasteiger partial charge in [-0.1, -0.05) is 28.1 Å². The molecule has 0 spiro atoms. The van der Waals surface area contributed by atoms with E-state index in [1.165, 1.54) is 0 Å². The summed E-state index contributed by atoms with van der Waals surface area (Å²) in [6, 6.07) is 11.0. The summed E-state index contributed by atoms with van der Waals surface area (Å²) in [6.07, 6.45) is 1.88. The minimum absolute atomic E-state index is 0.0214. The van der Waals surface area contributed by atoms with Gasteiger partial charge in [-0.2, -0.15) is 0 Å². The van der Waals surface area contributed by atoms with Crippen molar-refractivity contribution in [3.63, 3.8) is 0 Å². The molecule has 3 aromatic rings. The van der Waals surface area contributed by atoms with Crippen molar-refractivity contribution in [1.29, 1.82) is 0 Å². The standard InChI is InChI=1S/C24H22BrNO4/c1-13-9-18-19(10-14(13)2)30-23-20(22(18)27)21(15-5-3-6-16(25)11-15)26(24(23)28)12-17-7-4-8-29-17/h3,5-6,9-11,17,21H,4,7-8,12H2,1-2H3/t17-,21-/m0/s1. The van der Waals surface area contributed by atoms with Gasteiger partial charge >= 0.3 is 0 Å². The third-order valence-electron chi connectivity index (χ3n) is 6.17.